The van der Waals surface area contributed by atoms with Crippen LogP contribution >= 0.6 is 11.6 Å². The molecule has 27 heavy (non-hydrogen) atoms. The molecule has 0 fully saturated rings. The second kappa shape index (κ2) is 9.04. The Morgan fingerprint density at radius 2 is 1.78 bits per heavy atom. The van der Waals surface area contributed by atoms with Crippen molar-refractivity contribution in [1.29, 1.82) is 0 Å². The van der Waals surface area contributed by atoms with E-state index in [4.69, 9.17) is 30.6 Å². The van der Waals surface area contributed by atoms with Crippen molar-refractivity contribution in [3.05, 3.63) is 34.9 Å². The van der Waals surface area contributed by atoms with Crippen molar-refractivity contribution < 1.29 is 28.6 Å². The van der Waals surface area contributed by atoms with Gasteiger partial charge < -0.3 is 19.0 Å². The van der Waals surface area contributed by atoms with Gasteiger partial charge in [0, 0.05) is 13.5 Å². The van der Waals surface area contributed by atoms with Crippen molar-refractivity contribution >= 4 is 23.5 Å². The molecule has 1 aromatic heterocycles. The van der Waals surface area contributed by atoms with E-state index in [1.165, 1.54) is 39.5 Å². The molecule has 1 amide bonds. The van der Waals surface area contributed by atoms with Crippen molar-refractivity contribution in [3.8, 4) is 23.5 Å². The quantitative estimate of drug-likeness (QED) is 0.688. The molecule has 144 valence electrons. The van der Waals surface area contributed by atoms with Gasteiger partial charge in [-0.05, 0) is 12.1 Å². The zero-order chi connectivity index (χ0) is 20.0. The van der Waals surface area contributed by atoms with Gasteiger partial charge in [-0.2, -0.15) is 15.0 Å². The number of rotatable bonds is 6. The Morgan fingerprint density at radius 3 is 2.33 bits per heavy atom. The van der Waals surface area contributed by atoms with Crippen molar-refractivity contribution in [2.75, 3.05) is 21.3 Å². The van der Waals surface area contributed by atoms with Crippen LogP contribution in [0.2, 0.25) is 5.02 Å². The SMILES string of the molecule is CCC(=O)N(C)OC(=O)c1c(Cl)cccc1Oc1nc(OC)cc(OC)n1. The van der Waals surface area contributed by atoms with Gasteiger partial charge in [0.2, 0.25) is 11.8 Å². The van der Waals surface area contributed by atoms with Gasteiger partial charge >= 0.3 is 12.0 Å². The van der Waals surface area contributed by atoms with Gasteiger partial charge in [-0.1, -0.05) is 24.6 Å². The summed E-state index contributed by atoms with van der Waals surface area (Å²) in [6.45, 7) is 1.64. The number of hydrogen-bond donors (Lipinski definition) is 0. The Labute approximate surface area is 160 Å². The monoisotopic (exact) mass is 395 g/mol. The van der Waals surface area contributed by atoms with Gasteiger partial charge in [-0.25, -0.2) is 4.79 Å². The van der Waals surface area contributed by atoms with E-state index in [9.17, 15) is 9.59 Å². The van der Waals surface area contributed by atoms with Crippen molar-refractivity contribution in [3.63, 3.8) is 0 Å². The number of hydroxylamine groups is 2. The highest BCUT2D eigenvalue weighted by atomic mass is 35.5. The van der Waals surface area contributed by atoms with Gasteiger partial charge in [0.05, 0.1) is 25.3 Å². The van der Waals surface area contributed by atoms with Crippen molar-refractivity contribution in [2.24, 2.45) is 0 Å². The van der Waals surface area contributed by atoms with Gasteiger partial charge in [0.15, 0.2) is 0 Å². The normalized spacial score (nSPS) is 10.1. The number of aromatic nitrogens is 2. The number of carbonyl (C=O) groups excluding carboxylic acids is 2. The first-order valence-electron chi connectivity index (χ1n) is 7.81. The molecular formula is C17H18ClN3O6. The summed E-state index contributed by atoms with van der Waals surface area (Å²) in [5.41, 5.74) is -0.0830. The molecular weight excluding hydrogens is 378 g/mol. The molecule has 0 bridgehead atoms. The predicted molar refractivity (Wildman–Crippen MR) is 95.1 cm³/mol. The highest BCUT2D eigenvalue weighted by Gasteiger charge is 2.23. The van der Waals surface area contributed by atoms with Crippen molar-refractivity contribution in [2.45, 2.75) is 13.3 Å². The predicted octanol–water partition coefficient (Wildman–Crippen LogP) is 2.88. The standard InChI is InChI=1S/C17H18ClN3O6/c1-5-14(22)21(2)27-16(23)15-10(18)7-6-8-11(15)26-17-19-12(24-3)9-13(20-17)25-4/h6-9H,5H2,1-4H3. The number of nitrogens with zero attached hydrogens (tertiary/aromatic N) is 3. The minimum Gasteiger partial charge on any atom is -0.481 e. The summed E-state index contributed by atoms with van der Waals surface area (Å²) in [6.07, 6.45) is 0.174. The lowest BCUT2D eigenvalue weighted by molar-refractivity contribution is -0.160. The summed E-state index contributed by atoms with van der Waals surface area (Å²) in [5, 5.41) is 0.908. The maximum Gasteiger partial charge on any atom is 0.368 e. The minimum absolute atomic E-state index is 0.0418. The molecule has 9 nitrogen and oxygen atoms in total. The summed E-state index contributed by atoms with van der Waals surface area (Å²) < 4.78 is 15.7. The molecule has 0 unspecified atom stereocenters. The molecule has 0 aliphatic rings. The maximum atomic E-state index is 12.5. The van der Waals surface area contributed by atoms with E-state index in [0.717, 1.165) is 5.06 Å². The third-order valence-corrected chi connectivity index (χ3v) is 3.65. The third-order valence-electron chi connectivity index (χ3n) is 3.33. The fourth-order valence-electron chi connectivity index (χ4n) is 1.97. The minimum atomic E-state index is -0.866. The number of amides is 1. The van der Waals surface area contributed by atoms with Crippen LogP contribution in [0.3, 0.4) is 0 Å². The Morgan fingerprint density at radius 1 is 1.15 bits per heavy atom. The molecule has 1 heterocycles. The van der Waals surface area contributed by atoms with Gasteiger partial charge in [-0.3, -0.25) is 4.79 Å². The number of halogens is 1. The van der Waals surface area contributed by atoms with Crippen LogP contribution in [0.5, 0.6) is 23.5 Å². The van der Waals surface area contributed by atoms with Gasteiger partial charge in [0.25, 0.3) is 5.91 Å². The molecule has 0 spiro atoms. The van der Waals surface area contributed by atoms with Crippen LogP contribution in [0, 0.1) is 0 Å². The average Bonchev–Trinajstić information content (AvgIpc) is 2.66. The summed E-state index contributed by atoms with van der Waals surface area (Å²) in [6, 6.07) is 5.89. The largest absolute Gasteiger partial charge is 0.481 e. The van der Waals surface area contributed by atoms with E-state index in [1.54, 1.807) is 13.0 Å². The molecule has 0 aliphatic carbocycles. The van der Waals surface area contributed by atoms with E-state index in [2.05, 4.69) is 9.97 Å². The lowest BCUT2D eigenvalue weighted by atomic mass is 10.2. The van der Waals surface area contributed by atoms with Crippen molar-refractivity contribution in [1.82, 2.24) is 15.0 Å². The van der Waals surface area contributed by atoms with Crippen LogP contribution in [0.25, 0.3) is 0 Å². The average molecular weight is 396 g/mol. The highest BCUT2D eigenvalue weighted by molar-refractivity contribution is 6.34. The lowest BCUT2D eigenvalue weighted by Crippen LogP contribution is -2.29. The van der Waals surface area contributed by atoms with Crippen LogP contribution in [-0.2, 0) is 9.63 Å². The van der Waals surface area contributed by atoms with E-state index in [0.29, 0.717) is 0 Å². The molecule has 1 aromatic carbocycles. The summed E-state index contributed by atoms with van der Waals surface area (Å²) >= 11 is 6.13. The third kappa shape index (κ3) is 4.98. The summed E-state index contributed by atoms with van der Waals surface area (Å²) in [5.74, 6) is -0.791. The highest BCUT2D eigenvalue weighted by Crippen LogP contribution is 2.31. The fourth-order valence-corrected chi connectivity index (χ4v) is 2.21. The zero-order valence-electron chi connectivity index (χ0n) is 15.2. The number of carbonyl (C=O) groups is 2. The van der Waals surface area contributed by atoms with Gasteiger partial charge in [-0.15, -0.1) is 0 Å². The number of benzene rings is 1. The Hall–Kier alpha value is -3.07. The van der Waals surface area contributed by atoms with E-state index < -0.39 is 5.97 Å². The molecule has 10 heteroatoms. The molecule has 0 aliphatic heterocycles. The first kappa shape index (κ1) is 20.2. The fraction of sp³-hybridized carbons (Fsp3) is 0.294. The summed E-state index contributed by atoms with van der Waals surface area (Å²) in [7, 11) is 4.18. The number of methoxy groups -OCH3 is 2. The van der Waals surface area contributed by atoms with E-state index in [-0.39, 0.29) is 46.4 Å². The molecule has 0 N–H and O–H groups in total. The molecule has 2 aromatic rings. The Bertz CT molecular complexity index is 823. The smallest absolute Gasteiger partial charge is 0.368 e. The zero-order valence-corrected chi connectivity index (χ0v) is 15.9. The van der Waals surface area contributed by atoms with Crippen LogP contribution in [0.1, 0.15) is 23.7 Å². The Balaban J connectivity index is 2.35. The molecule has 0 saturated heterocycles. The van der Waals surface area contributed by atoms with Crippen LogP contribution in [-0.4, -0.2) is 48.2 Å². The molecule has 0 saturated carbocycles. The lowest BCUT2D eigenvalue weighted by Gasteiger charge is -2.17. The number of hydrogen-bond acceptors (Lipinski definition) is 8. The second-order valence-electron chi connectivity index (χ2n) is 5.07. The number of ether oxygens (including phenoxy) is 3. The second-order valence-corrected chi connectivity index (χ2v) is 5.48. The first-order chi connectivity index (χ1) is 12.9. The first-order valence-corrected chi connectivity index (χ1v) is 8.19. The van der Waals surface area contributed by atoms with Crippen LogP contribution in [0.4, 0.5) is 0 Å². The topological polar surface area (TPSA) is 100 Å². The molecule has 0 radical (unpaired) electrons. The van der Waals surface area contributed by atoms with E-state index >= 15 is 0 Å². The summed E-state index contributed by atoms with van der Waals surface area (Å²) in [4.78, 5) is 37.2. The van der Waals surface area contributed by atoms with Crippen LogP contribution in [0.15, 0.2) is 24.3 Å². The Kier molecular flexibility index (Phi) is 6.78. The molecule has 2 rings (SSSR count). The van der Waals surface area contributed by atoms with Gasteiger partial charge in [0.1, 0.15) is 11.3 Å². The molecule has 0 atom stereocenters. The van der Waals surface area contributed by atoms with E-state index in [1.807, 2.05) is 0 Å². The van der Waals surface area contributed by atoms with Crippen LogP contribution < -0.4 is 14.2 Å². The maximum absolute atomic E-state index is 12.5.